The van der Waals surface area contributed by atoms with Crippen molar-refractivity contribution < 1.29 is 14.3 Å². The molecular formula is C20H23N3O3. The van der Waals surface area contributed by atoms with E-state index in [2.05, 4.69) is 9.97 Å². The van der Waals surface area contributed by atoms with Crippen molar-refractivity contribution in [1.29, 1.82) is 0 Å². The molecule has 136 valence electrons. The molecule has 0 unspecified atom stereocenters. The average molecular weight is 353 g/mol. The van der Waals surface area contributed by atoms with E-state index >= 15 is 0 Å². The van der Waals surface area contributed by atoms with E-state index in [0.29, 0.717) is 45.3 Å². The highest BCUT2D eigenvalue weighted by atomic mass is 16.5. The molecule has 0 aromatic carbocycles. The molecule has 0 aliphatic carbocycles. The van der Waals surface area contributed by atoms with E-state index in [1.807, 2.05) is 41.3 Å². The maximum absolute atomic E-state index is 12.7. The number of nitrogens with zero attached hydrogens (tertiary/aromatic N) is 3. The van der Waals surface area contributed by atoms with E-state index in [4.69, 9.17) is 9.47 Å². The number of fused-ring (bicyclic) bond motifs is 1. The Bertz CT molecular complexity index is 740. The zero-order chi connectivity index (χ0) is 17.8. The second-order valence-electron chi connectivity index (χ2n) is 7.16. The van der Waals surface area contributed by atoms with Gasteiger partial charge >= 0.3 is 0 Å². The Morgan fingerprint density at radius 3 is 2.69 bits per heavy atom. The monoisotopic (exact) mass is 353 g/mol. The van der Waals surface area contributed by atoms with Crippen LogP contribution in [0.4, 0.5) is 0 Å². The molecule has 0 radical (unpaired) electrons. The van der Waals surface area contributed by atoms with Crippen LogP contribution in [0.3, 0.4) is 0 Å². The van der Waals surface area contributed by atoms with Gasteiger partial charge in [0, 0.05) is 42.5 Å². The normalized spacial score (nSPS) is 24.6. The lowest BCUT2D eigenvalue weighted by molar-refractivity contribution is -0.130. The Balaban J connectivity index is 1.36. The molecule has 6 nitrogen and oxygen atoms in total. The van der Waals surface area contributed by atoms with E-state index in [0.717, 1.165) is 17.9 Å². The summed E-state index contributed by atoms with van der Waals surface area (Å²) in [5, 5.41) is 0. The van der Waals surface area contributed by atoms with Gasteiger partial charge in [0.05, 0.1) is 38.5 Å². The van der Waals surface area contributed by atoms with Crippen molar-refractivity contribution in [3.8, 4) is 0 Å². The van der Waals surface area contributed by atoms with Crippen molar-refractivity contribution in [2.75, 3.05) is 32.9 Å². The summed E-state index contributed by atoms with van der Waals surface area (Å²) in [5.41, 5.74) is 1.63. The first-order valence-corrected chi connectivity index (χ1v) is 8.98. The van der Waals surface area contributed by atoms with Gasteiger partial charge in [-0.05, 0) is 24.3 Å². The van der Waals surface area contributed by atoms with Crippen LogP contribution in [0.1, 0.15) is 11.4 Å². The smallest absolute Gasteiger partial charge is 0.228 e. The molecule has 4 heterocycles. The van der Waals surface area contributed by atoms with Gasteiger partial charge in [-0.2, -0.15) is 0 Å². The molecule has 2 fully saturated rings. The second kappa shape index (κ2) is 7.51. The maximum Gasteiger partial charge on any atom is 0.228 e. The lowest BCUT2D eigenvalue weighted by Crippen LogP contribution is -2.37. The number of pyridine rings is 2. The van der Waals surface area contributed by atoms with Crippen LogP contribution in [0, 0.1) is 11.3 Å². The molecule has 2 aliphatic rings. The quantitative estimate of drug-likeness (QED) is 0.791. The summed E-state index contributed by atoms with van der Waals surface area (Å²) in [5.74, 6) is 0.459. The van der Waals surface area contributed by atoms with Crippen LogP contribution in [0.25, 0.3) is 0 Å². The Labute approximate surface area is 153 Å². The molecule has 2 aliphatic heterocycles. The summed E-state index contributed by atoms with van der Waals surface area (Å²) in [6.07, 6.45) is 3.84. The van der Waals surface area contributed by atoms with Gasteiger partial charge in [0.2, 0.25) is 5.91 Å². The summed E-state index contributed by atoms with van der Waals surface area (Å²) in [6, 6.07) is 11.5. The third-order valence-electron chi connectivity index (χ3n) is 5.30. The van der Waals surface area contributed by atoms with Crippen LogP contribution in [-0.2, 0) is 27.3 Å². The first-order valence-electron chi connectivity index (χ1n) is 8.98. The van der Waals surface area contributed by atoms with Gasteiger partial charge in [0.25, 0.3) is 0 Å². The van der Waals surface area contributed by atoms with E-state index in [1.54, 1.807) is 12.4 Å². The lowest BCUT2D eigenvalue weighted by atomic mass is 9.82. The molecule has 2 aromatic heterocycles. The fraction of sp³-hybridized carbons (Fsp3) is 0.450. The zero-order valence-corrected chi connectivity index (χ0v) is 14.7. The number of likely N-dealkylation sites (tertiary alicyclic amines) is 1. The van der Waals surface area contributed by atoms with Crippen molar-refractivity contribution in [2.24, 2.45) is 11.3 Å². The Kier molecular flexibility index (Phi) is 4.95. The van der Waals surface area contributed by atoms with E-state index < -0.39 is 0 Å². The van der Waals surface area contributed by atoms with Crippen LogP contribution < -0.4 is 0 Å². The highest BCUT2D eigenvalue weighted by molar-refractivity contribution is 5.78. The minimum Gasteiger partial charge on any atom is -0.380 e. The average Bonchev–Trinajstić information content (AvgIpc) is 3.21. The van der Waals surface area contributed by atoms with Crippen LogP contribution in [-0.4, -0.2) is 53.7 Å². The molecular weight excluding hydrogens is 330 g/mol. The molecule has 1 amide bonds. The fourth-order valence-electron chi connectivity index (χ4n) is 3.84. The largest absolute Gasteiger partial charge is 0.380 e. The summed E-state index contributed by atoms with van der Waals surface area (Å²) in [4.78, 5) is 23.2. The Morgan fingerprint density at radius 1 is 1.19 bits per heavy atom. The van der Waals surface area contributed by atoms with Crippen LogP contribution in [0.15, 0.2) is 48.8 Å². The van der Waals surface area contributed by atoms with Gasteiger partial charge in [0.15, 0.2) is 0 Å². The van der Waals surface area contributed by atoms with Gasteiger partial charge < -0.3 is 14.4 Å². The maximum atomic E-state index is 12.7. The van der Waals surface area contributed by atoms with Gasteiger partial charge in [-0.3, -0.25) is 14.8 Å². The van der Waals surface area contributed by atoms with Crippen molar-refractivity contribution in [3.63, 3.8) is 0 Å². The molecule has 0 spiro atoms. The zero-order valence-electron chi connectivity index (χ0n) is 14.7. The number of ether oxygens (including phenoxy) is 2. The van der Waals surface area contributed by atoms with Gasteiger partial charge in [0.1, 0.15) is 0 Å². The first kappa shape index (κ1) is 17.1. The number of hydrogen-bond acceptors (Lipinski definition) is 5. The summed E-state index contributed by atoms with van der Waals surface area (Å²) in [7, 11) is 0. The van der Waals surface area contributed by atoms with Crippen molar-refractivity contribution >= 4 is 5.91 Å². The topological polar surface area (TPSA) is 64.6 Å². The highest BCUT2D eigenvalue weighted by Gasteiger charge is 2.51. The predicted octanol–water partition coefficient (Wildman–Crippen LogP) is 1.71. The molecule has 4 rings (SSSR count). The Hall–Kier alpha value is -2.31. The summed E-state index contributed by atoms with van der Waals surface area (Å²) >= 11 is 0. The highest BCUT2D eigenvalue weighted by Crippen LogP contribution is 2.41. The number of rotatable bonds is 6. The molecule has 26 heavy (non-hydrogen) atoms. The molecule has 0 N–H and O–H groups in total. The van der Waals surface area contributed by atoms with Gasteiger partial charge in [-0.1, -0.05) is 12.1 Å². The van der Waals surface area contributed by atoms with Crippen molar-refractivity contribution in [1.82, 2.24) is 14.9 Å². The molecule has 2 saturated heterocycles. The number of hydrogen-bond donors (Lipinski definition) is 0. The van der Waals surface area contributed by atoms with E-state index in [-0.39, 0.29) is 11.3 Å². The number of amides is 1. The van der Waals surface area contributed by atoms with Gasteiger partial charge in [-0.15, -0.1) is 0 Å². The Morgan fingerprint density at radius 2 is 1.96 bits per heavy atom. The van der Waals surface area contributed by atoms with Crippen molar-refractivity contribution in [2.45, 2.75) is 13.0 Å². The standard InChI is InChI=1S/C20H23N3O3/c24-19(9-17-5-1-3-7-21-17)23-10-16-11-25-14-20(16,13-23)15-26-12-18-6-2-4-8-22-18/h1-8,16H,9-15H2/t16-,20+/m1/s1. The van der Waals surface area contributed by atoms with Crippen LogP contribution in [0.2, 0.25) is 0 Å². The first-order chi connectivity index (χ1) is 12.8. The molecule has 2 aromatic rings. The summed E-state index contributed by atoms with van der Waals surface area (Å²) in [6.45, 7) is 3.83. The van der Waals surface area contributed by atoms with Crippen LogP contribution in [0.5, 0.6) is 0 Å². The molecule has 0 saturated carbocycles. The van der Waals surface area contributed by atoms with E-state index in [9.17, 15) is 4.79 Å². The van der Waals surface area contributed by atoms with Gasteiger partial charge in [-0.25, -0.2) is 0 Å². The van der Waals surface area contributed by atoms with Crippen molar-refractivity contribution in [3.05, 3.63) is 60.2 Å². The molecule has 0 bridgehead atoms. The minimum atomic E-state index is -0.103. The SMILES string of the molecule is O=C(Cc1ccccn1)N1C[C@@H]2COC[C@]2(COCc2ccccn2)C1. The predicted molar refractivity (Wildman–Crippen MR) is 95.2 cm³/mol. The second-order valence-corrected chi connectivity index (χ2v) is 7.16. The molecule has 2 atom stereocenters. The number of aromatic nitrogens is 2. The van der Waals surface area contributed by atoms with Crippen LogP contribution >= 0.6 is 0 Å². The number of carbonyl (C=O) groups is 1. The fourth-order valence-corrected chi connectivity index (χ4v) is 3.84. The summed E-state index contributed by atoms with van der Waals surface area (Å²) < 4.78 is 11.7. The lowest BCUT2D eigenvalue weighted by Gasteiger charge is -2.26. The van der Waals surface area contributed by atoms with E-state index in [1.165, 1.54) is 0 Å². The number of carbonyl (C=O) groups excluding carboxylic acids is 1. The molecule has 6 heteroatoms. The third-order valence-corrected chi connectivity index (χ3v) is 5.30. The minimum absolute atomic E-state index is 0.103. The third kappa shape index (κ3) is 3.61.